The molecule has 0 unspecified atom stereocenters. The number of aliphatic hydroxyl groups is 1. The van der Waals surface area contributed by atoms with Crippen LogP contribution in [-0.2, 0) is 15.5 Å². The molecule has 1 aromatic carbocycles. The molecule has 0 radical (unpaired) electrons. The van der Waals surface area contributed by atoms with E-state index in [4.69, 9.17) is 8.92 Å². The third kappa shape index (κ3) is 2.18. The van der Waals surface area contributed by atoms with Gasteiger partial charge in [-0.2, -0.15) is 8.42 Å². The molecule has 0 spiro atoms. The Hall–Kier alpha value is -1.27. The maximum atomic E-state index is 11.4. The van der Waals surface area contributed by atoms with Crippen LogP contribution in [0.3, 0.4) is 0 Å². The van der Waals surface area contributed by atoms with Crippen LogP contribution in [0.15, 0.2) is 18.2 Å². The van der Waals surface area contributed by atoms with Crippen molar-refractivity contribution in [3.63, 3.8) is 0 Å². The van der Waals surface area contributed by atoms with Crippen molar-refractivity contribution in [1.29, 1.82) is 0 Å². The van der Waals surface area contributed by atoms with Gasteiger partial charge < -0.3 is 14.0 Å². The van der Waals surface area contributed by atoms with Crippen molar-refractivity contribution in [3.05, 3.63) is 23.8 Å². The lowest BCUT2D eigenvalue weighted by Gasteiger charge is -2.20. The van der Waals surface area contributed by atoms with Crippen molar-refractivity contribution in [3.8, 4) is 11.5 Å². The molecule has 100 valence electrons. The molecule has 0 fully saturated rings. The van der Waals surface area contributed by atoms with Gasteiger partial charge in [0.25, 0.3) is 0 Å². The van der Waals surface area contributed by atoms with E-state index in [1.807, 2.05) is 13.8 Å². The van der Waals surface area contributed by atoms with Gasteiger partial charge in [0.2, 0.25) is 6.29 Å². The van der Waals surface area contributed by atoms with Crippen LogP contribution in [0.25, 0.3) is 0 Å². The fourth-order valence-corrected chi connectivity index (χ4v) is 2.29. The smallest absolute Gasteiger partial charge is 0.308 e. The van der Waals surface area contributed by atoms with E-state index in [1.165, 1.54) is 13.0 Å². The van der Waals surface area contributed by atoms with Gasteiger partial charge >= 0.3 is 10.1 Å². The molecule has 1 atom stereocenters. The SMILES string of the molecule is CCS(=O)(=O)Oc1ccc2c(c1)C(C)(C)[C@@H](O)O2. The maximum Gasteiger partial charge on any atom is 0.308 e. The Bertz CT molecular complexity index is 562. The minimum atomic E-state index is -3.54. The highest BCUT2D eigenvalue weighted by atomic mass is 32.2. The fourth-order valence-electron chi connectivity index (χ4n) is 1.77. The molecule has 0 saturated carbocycles. The Morgan fingerprint density at radius 2 is 2.11 bits per heavy atom. The standard InChI is InChI=1S/C12H16O5S/c1-4-18(14,15)17-8-5-6-10-9(7-8)12(2,3)11(13)16-10/h5-7,11,13H,4H2,1-3H3/t11-/m0/s1. The molecule has 0 saturated heterocycles. The minimum Gasteiger partial charge on any atom is -0.464 e. The summed E-state index contributed by atoms with van der Waals surface area (Å²) in [6, 6.07) is 4.72. The lowest BCUT2D eigenvalue weighted by atomic mass is 9.85. The number of ether oxygens (including phenoxy) is 1. The largest absolute Gasteiger partial charge is 0.464 e. The molecular formula is C12H16O5S. The van der Waals surface area contributed by atoms with Crippen molar-refractivity contribution in [2.45, 2.75) is 32.5 Å². The molecule has 5 nitrogen and oxygen atoms in total. The van der Waals surface area contributed by atoms with Crippen molar-refractivity contribution >= 4 is 10.1 Å². The Morgan fingerprint density at radius 1 is 1.44 bits per heavy atom. The van der Waals surface area contributed by atoms with Crippen LogP contribution in [0, 0.1) is 0 Å². The van der Waals surface area contributed by atoms with E-state index in [1.54, 1.807) is 12.1 Å². The van der Waals surface area contributed by atoms with E-state index in [2.05, 4.69) is 0 Å². The molecule has 0 bridgehead atoms. The molecule has 0 amide bonds. The van der Waals surface area contributed by atoms with E-state index in [0.717, 1.165) is 5.56 Å². The Labute approximate surface area is 106 Å². The third-order valence-corrected chi connectivity index (χ3v) is 4.23. The van der Waals surface area contributed by atoms with Gasteiger partial charge in [0.05, 0.1) is 11.2 Å². The zero-order chi connectivity index (χ0) is 13.6. The topological polar surface area (TPSA) is 72.8 Å². The zero-order valence-electron chi connectivity index (χ0n) is 10.5. The minimum absolute atomic E-state index is 0.0907. The molecule has 1 heterocycles. The van der Waals surface area contributed by atoms with Gasteiger partial charge in [-0.25, -0.2) is 0 Å². The van der Waals surface area contributed by atoms with Crippen LogP contribution in [0.5, 0.6) is 11.5 Å². The van der Waals surface area contributed by atoms with Crippen LogP contribution in [0.1, 0.15) is 26.3 Å². The first kappa shape index (κ1) is 13.2. The summed E-state index contributed by atoms with van der Waals surface area (Å²) < 4.78 is 33.0. The number of fused-ring (bicyclic) bond motifs is 1. The summed E-state index contributed by atoms with van der Waals surface area (Å²) in [5.74, 6) is 0.696. The van der Waals surface area contributed by atoms with Gasteiger partial charge in [-0.05, 0) is 39.0 Å². The summed E-state index contributed by atoms with van der Waals surface area (Å²) in [5.41, 5.74) is 0.142. The summed E-state index contributed by atoms with van der Waals surface area (Å²) in [5, 5.41) is 9.77. The highest BCUT2D eigenvalue weighted by Crippen LogP contribution is 2.43. The van der Waals surface area contributed by atoms with E-state index in [0.29, 0.717) is 5.75 Å². The monoisotopic (exact) mass is 272 g/mol. The highest BCUT2D eigenvalue weighted by Gasteiger charge is 2.40. The summed E-state index contributed by atoms with van der Waals surface area (Å²) in [7, 11) is -3.54. The average molecular weight is 272 g/mol. The fraction of sp³-hybridized carbons (Fsp3) is 0.500. The second-order valence-corrected chi connectivity index (χ2v) is 6.64. The highest BCUT2D eigenvalue weighted by molar-refractivity contribution is 7.87. The van der Waals surface area contributed by atoms with Gasteiger partial charge in [0.1, 0.15) is 11.5 Å². The second kappa shape index (κ2) is 4.13. The molecule has 1 N–H and O–H groups in total. The maximum absolute atomic E-state index is 11.4. The van der Waals surface area contributed by atoms with E-state index < -0.39 is 21.8 Å². The Morgan fingerprint density at radius 3 is 2.72 bits per heavy atom. The van der Waals surface area contributed by atoms with Crippen molar-refractivity contribution in [2.75, 3.05) is 5.75 Å². The first-order valence-corrected chi connectivity index (χ1v) is 7.25. The molecule has 2 rings (SSSR count). The number of benzene rings is 1. The van der Waals surface area contributed by atoms with Gasteiger partial charge in [0.15, 0.2) is 0 Å². The molecule has 1 aliphatic heterocycles. The molecule has 0 aliphatic carbocycles. The summed E-state index contributed by atoms with van der Waals surface area (Å²) in [6.07, 6.45) is -0.939. The average Bonchev–Trinajstić information content (AvgIpc) is 2.51. The van der Waals surface area contributed by atoms with Gasteiger partial charge in [-0.15, -0.1) is 0 Å². The van der Waals surface area contributed by atoms with Crippen LogP contribution in [0.2, 0.25) is 0 Å². The molecule has 1 aliphatic rings. The summed E-state index contributed by atoms with van der Waals surface area (Å²) >= 11 is 0. The lowest BCUT2D eigenvalue weighted by Crippen LogP contribution is -2.31. The van der Waals surface area contributed by atoms with Crippen LogP contribution in [0.4, 0.5) is 0 Å². The van der Waals surface area contributed by atoms with E-state index in [9.17, 15) is 13.5 Å². The van der Waals surface area contributed by atoms with Gasteiger partial charge in [-0.1, -0.05) is 0 Å². The van der Waals surface area contributed by atoms with Gasteiger partial charge in [0, 0.05) is 5.56 Å². The lowest BCUT2D eigenvalue weighted by molar-refractivity contribution is -0.0450. The predicted molar refractivity (Wildman–Crippen MR) is 66.2 cm³/mol. The quantitative estimate of drug-likeness (QED) is 0.842. The second-order valence-electron chi connectivity index (χ2n) is 4.78. The van der Waals surface area contributed by atoms with Crippen LogP contribution in [-0.4, -0.2) is 25.6 Å². The van der Waals surface area contributed by atoms with E-state index >= 15 is 0 Å². The normalized spacial score (nSPS) is 21.2. The number of hydrogen-bond donors (Lipinski definition) is 1. The Balaban J connectivity index is 2.38. The number of aliphatic hydroxyl groups excluding tert-OH is 1. The van der Waals surface area contributed by atoms with E-state index in [-0.39, 0.29) is 11.5 Å². The molecule has 1 aromatic rings. The first-order valence-electron chi connectivity index (χ1n) is 5.67. The summed E-state index contributed by atoms with van der Waals surface area (Å²) in [6.45, 7) is 5.16. The molecule has 18 heavy (non-hydrogen) atoms. The third-order valence-electron chi connectivity index (χ3n) is 3.08. The van der Waals surface area contributed by atoms with Crippen LogP contribution >= 0.6 is 0 Å². The predicted octanol–water partition coefficient (Wildman–Crippen LogP) is 1.40. The number of hydrogen-bond acceptors (Lipinski definition) is 5. The van der Waals surface area contributed by atoms with Crippen molar-refractivity contribution < 1.29 is 22.4 Å². The van der Waals surface area contributed by atoms with Gasteiger partial charge in [-0.3, -0.25) is 0 Å². The first-order chi connectivity index (χ1) is 8.26. The summed E-state index contributed by atoms with van der Waals surface area (Å²) in [4.78, 5) is 0. The molecule has 0 aromatic heterocycles. The van der Waals surface area contributed by atoms with Crippen molar-refractivity contribution in [2.24, 2.45) is 0 Å². The zero-order valence-corrected chi connectivity index (χ0v) is 11.3. The van der Waals surface area contributed by atoms with Crippen molar-refractivity contribution in [1.82, 2.24) is 0 Å². The number of rotatable bonds is 3. The Kier molecular flexibility index (Phi) is 3.03. The molecular weight excluding hydrogens is 256 g/mol. The molecule has 6 heteroatoms. The van der Waals surface area contributed by atoms with Crippen LogP contribution < -0.4 is 8.92 Å².